The minimum atomic E-state index is -0.898. The summed E-state index contributed by atoms with van der Waals surface area (Å²) in [6, 6.07) is 25.2. The third-order valence-corrected chi connectivity index (χ3v) is 7.88. The van der Waals surface area contributed by atoms with Crippen LogP contribution in [0.1, 0.15) is 34.3 Å². The molecule has 4 aromatic rings. The van der Waals surface area contributed by atoms with Crippen molar-refractivity contribution in [3.8, 4) is 21.6 Å². The maximum absolute atomic E-state index is 13.6. The van der Waals surface area contributed by atoms with Gasteiger partial charge in [-0.25, -0.2) is 0 Å². The Labute approximate surface area is 229 Å². The van der Waals surface area contributed by atoms with E-state index in [0.717, 1.165) is 44.7 Å². The third kappa shape index (κ3) is 5.47. The Morgan fingerprint density at radius 3 is 2.46 bits per heavy atom. The van der Waals surface area contributed by atoms with Crippen molar-refractivity contribution < 1.29 is 19.1 Å². The second kappa shape index (κ2) is 11.0. The number of benzene rings is 3. The minimum absolute atomic E-state index is 0.00593. The normalized spacial score (nSPS) is 13.2. The molecule has 1 heterocycles. The molecule has 3 aromatic carbocycles. The molecule has 0 atom stereocenters. The lowest BCUT2D eigenvalue weighted by molar-refractivity contribution is -0.139. The fraction of sp³-hybridized carbons (Fsp3) is 0.200. The van der Waals surface area contributed by atoms with Crippen LogP contribution in [0.3, 0.4) is 0 Å². The highest BCUT2D eigenvalue weighted by Gasteiger charge is 2.47. The van der Waals surface area contributed by atoms with Crippen molar-refractivity contribution in [3.63, 3.8) is 0 Å². The Hall–Kier alpha value is -4.68. The molecule has 0 aliphatic heterocycles. The van der Waals surface area contributed by atoms with E-state index in [4.69, 9.17) is 10.00 Å². The number of carbonyl (C=O) groups is 3. The Kier molecular flexibility index (Phi) is 7.30. The van der Waals surface area contributed by atoms with Gasteiger partial charge in [-0.05, 0) is 70.6 Å². The molecule has 3 N–H and O–H groups in total. The minimum Gasteiger partial charge on any atom is -0.487 e. The average molecular weight is 539 g/mol. The molecule has 8 nitrogen and oxygen atoms in total. The van der Waals surface area contributed by atoms with Crippen molar-refractivity contribution in [2.24, 2.45) is 0 Å². The SMILES string of the molecule is COc1ccc(-c2cc(C3(NC(=O)c4ccccc4CNC(=O)C(=O)NCC#N)CC3)c3ccccc3c2)s1. The second-order valence-electron chi connectivity index (χ2n) is 9.28. The third-order valence-electron chi connectivity index (χ3n) is 6.78. The van der Waals surface area contributed by atoms with Crippen LogP contribution >= 0.6 is 11.3 Å². The summed E-state index contributed by atoms with van der Waals surface area (Å²) < 4.78 is 5.39. The van der Waals surface area contributed by atoms with E-state index in [1.165, 1.54) is 0 Å². The van der Waals surface area contributed by atoms with Crippen molar-refractivity contribution in [1.29, 1.82) is 5.26 Å². The van der Waals surface area contributed by atoms with Crippen LogP contribution in [0, 0.1) is 11.3 Å². The Balaban J connectivity index is 1.41. The lowest BCUT2D eigenvalue weighted by atomic mass is 9.93. The lowest BCUT2D eigenvalue weighted by Gasteiger charge is -2.22. The van der Waals surface area contributed by atoms with Crippen molar-refractivity contribution in [2.45, 2.75) is 24.9 Å². The van der Waals surface area contributed by atoms with Crippen LogP contribution < -0.4 is 20.7 Å². The van der Waals surface area contributed by atoms with Crippen molar-refractivity contribution >= 4 is 39.8 Å². The van der Waals surface area contributed by atoms with E-state index < -0.39 is 17.4 Å². The number of ether oxygens (including phenoxy) is 1. The fourth-order valence-corrected chi connectivity index (χ4v) is 5.46. The van der Waals surface area contributed by atoms with E-state index in [2.05, 4.69) is 40.2 Å². The molecule has 0 unspecified atom stereocenters. The van der Waals surface area contributed by atoms with Gasteiger partial charge in [-0.15, -0.1) is 0 Å². The topological polar surface area (TPSA) is 120 Å². The maximum Gasteiger partial charge on any atom is 0.310 e. The number of rotatable bonds is 8. The van der Waals surface area contributed by atoms with Gasteiger partial charge in [0.25, 0.3) is 5.91 Å². The zero-order valence-electron chi connectivity index (χ0n) is 21.2. The summed E-state index contributed by atoms with van der Waals surface area (Å²) in [7, 11) is 1.66. The number of nitrogens with one attached hydrogen (secondary N) is 3. The van der Waals surface area contributed by atoms with Gasteiger partial charge in [0.1, 0.15) is 6.54 Å². The number of hydrogen-bond acceptors (Lipinski definition) is 6. The van der Waals surface area contributed by atoms with Crippen LogP contribution in [0.4, 0.5) is 0 Å². The molecule has 9 heteroatoms. The number of amides is 3. The van der Waals surface area contributed by atoms with Crippen molar-refractivity contribution in [1.82, 2.24) is 16.0 Å². The first-order valence-corrected chi connectivity index (χ1v) is 13.3. The molecule has 0 spiro atoms. The number of thiophene rings is 1. The molecule has 3 amide bonds. The zero-order chi connectivity index (χ0) is 27.4. The number of nitriles is 1. The zero-order valence-corrected chi connectivity index (χ0v) is 22.1. The first kappa shape index (κ1) is 25.9. The Morgan fingerprint density at radius 2 is 1.72 bits per heavy atom. The molecule has 0 bridgehead atoms. The average Bonchev–Trinajstić information content (AvgIpc) is 3.58. The summed E-state index contributed by atoms with van der Waals surface area (Å²) in [6.45, 7) is -0.267. The van der Waals surface area contributed by atoms with Gasteiger partial charge in [0, 0.05) is 17.0 Å². The number of fused-ring (bicyclic) bond motifs is 1. The van der Waals surface area contributed by atoms with Gasteiger partial charge in [-0.1, -0.05) is 53.8 Å². The van der Waals surface area contributed by atoms with Gasteiger partial charge >= 0.3 is 11.8 Å². The van der Waals surface area contributed by atoms with Crippen LogP contribution in [0.15, 0.2) is 72.8 Å². The van der Waals surface area contributed by atoms with Crippen LogP contribution in [-0.4, -0.2) is 31.4 Å². The smallest absolute Gasteiger partial charge is 0.310 e. The van der Waals surface area contributed by atoms with E-state index >= 15 is 0 Å². The Bertz CT molecular complexity index is 1620. The molecular formula is C30H26N4O4S. The van der Waals surface area contributed by atoms with Gasteiger partial charge in [-0.3, -0.25) is 14.4 Å². The van der Waals surface area contributed by atoms with E-state index in [9.17, 15) is 14.4 Å². The van der Waals surface area contributed by atoms with Crippen LogP contribution in [-0.2, 0) is 21.7 Å². The van der Waals surface area contributed by atoms with E-state index in [1.807, 2.05) is 24.3 Å². The summed E-state index contributed by atoms with van der Waals surface area (Å²) in [5, 5.41) is 19.6. The van der Waals surface area contributed by atoms with Crippen LogP contribution in [0.2, 0.25) is 0 Å². The molecule has 0 radical (unpaired) electrons. The van der Waals surface area contributed by atoms with Gasteiger partial charge in [0.2, 0.25) is 0 Å². The van der Waals surface area contributed by atoms with Gasteiger partial charge < -0.3 is 20.7 Å². The van der Waals surface area contributed by atoms with Crippen molar-refractivity contribution in [2.75, 3.05) is 13.7 Å². The Morgan fingerprint density at radius 1 is 0.974 bits per heavy atom. The van der Waals surface area contributed by atoms with Gasteiger partial charge in [0.05, 0.1) is 18.7 Å². The summed E-state index contributed by atoms with van der Waals surface area (Å²) in [5.74, 6) is -2.02. The number of hydrogen-bond donors (Lipinski definition) is 3. The molecule has 196 valence electrons. The van der Waals surface area contributed by atoms with E-state index in [0.29, 0.717) is 11.1 Å². The molecule has 1 aliphatic rings. The summed E-state index contributed by atoms with van der Waals surface area (Å²) in [6.07, 6.45) is 1.61. The molecule has 1 fully saturated rings. The molecule has 39 heavy (non-hydrogen) atoms. The number of carbonyl (C=O) groups excluding carboxylic acids is 3. The predicted octanol–water partition coefficient (Wildman–Crippen LogP) is 4.25. The molecule has 1 aromatic heterocycles. The molecular weight excluding hydrogens is 512 g/mol. The first-order chi connectivity index (χ1) is 18.9. The molecule has 1 saturated carbocycles. The number of methoxy groups -OCH3 is 1. The lowest BCUT2D eigenvalue weighted by Crippen LogP contribution is -2.40. The second-order valence-corrected chi connectivity index (χ2v) is 10.3. The molecule has 1 aliphatic carbocycles. The van der Waals surface area contributed by atoms with Crippen LogP contribution in [0.5, 0.6) is 5.06 Å². The highest BCUT2D eigenvalue weighted by Crippen LogP contribution is 2.49. The maximum atomic E-state index is 13.6. The summed E-state index contributed by atoms with van der Waals surface area (Å²) in [4.78, 5) is 38.5. The standard InChI is InChI=1S/C30H26N4O4S/c1-38-26-11-10-25(39-26)21-16-19-6-2-4-8-22(19)24(17-21)30(12-13-30)34-27(35)23-9-5-3-7-20(23)18-33-29(37)28(36)32-15-14-31/h2-11,16-17H,12-13,15,18H2,1H3,(H,32,36)(H,33,37)(H,34,35). The predicted molar refractivity (Wildman–Crippen MR) is 149 cm³/mol. The van der Waals surface area contributed by atoms with Gasteiger partial charge in [-0.2, -0.15) is 5.26 Å². The molecule has 0 saturated heterocycles. The fourth-order valence-electron chi connectivity index (χ4n) is 4.66. The number of nitrogens with zero attached hydrogens (tertiary/aromatic N) is 1. The highest BCUT2D eigenvalue weighted by atomic mass is 32.1. The summed E-state index contributed by atoms with van der Waals surface area (Å²) in [5.41, 5.74) is 2.62. The van der Waals surface area contributed by atoms with E-state index in [-0.39, 0.29) is 19.0 Å². The largest absolute Gasteiger partial charge is 0.487 e. The molecule has 5 rings (SSSR count). The monoisotopic (exact) mass is 538 g/mol. The summed E-state index contributed by atoms with van der Waals surface area (Å²) >= 11 is 1.57. The van der Waals surface area contributed by atoms with Crippen molar-refractivity contribution in [3.05, 3.63) is 89.5 Å². The van der Waals surface area contributed by atoms with Gasteiger partial charge in [0.15, 0.2) is 5.06 Å². The quantitative estimate of drug-likeness (QED) is 0.229. The first-order valence-electron chi connectivity index (χ1n) is 12.4. The van der Waals surface area contributed by atoms with E-state index in [1.54, 1.807) is 48.8 Å². The highest BCUT2D eigenvalue weighted by molar-refractivity contribution is 7.17. The van der Waals surface area contributed by atoms with Crippen LogP contribution in [0.25, 0.3) is 21.2 Å².